The number of aryl methyl sites for hydroxylation is 2. The summed E-state index contributed by atoms with van der Waals surface area (Å²) in [5.74, 6) is 1.05. The van der Waals surface area contributed by atoms with Crippen LogP contribution >= 0.6 is 0 Å². The predicted molar refractivity (Wildman–Crippen MR) is 64.1 cm³/mol. The fourth-order valence-corrected chi connectivity index (χ4v) is 2.03. The first kappa shape index (κ1) is 10.8. The number of nitriles is 1. The molecule has 0 atom stereocenters. The van der Waals surface area contributed by atoms with E-state index in [9.17, 15) is 0 Å². The Morgan fingerprint density at radius 2 is 2.06 bits per heavy atom. The number of nitrogens with zero attached hydrogens (tertiary/aromatic N) is 1. The van der Waals surface area contributed by atoms with Gasteiger partial charge in [0.2, 0.25) is 0 Å². The summed E-state index contributed by atoms with van der Waals surface area (Å²) in [6.45, 7) is 2.14. The molecule has 0 saturated heterocycles. The second kappa shape index (κ2) is 4.85. The van der Waals surface area contributed by atoms with E-state index in [2.05, 4.69) is 19.1 Å². The van der Waals surface area contributed by atoms with Crippen LogP contribution in [0.5, 0.6) is 0 Å². The van der Waals surface area contributed by atoms with E-state index in [1.165, 1.54) is 10.9 Å². The molecule has 0 bridgehead atoms. The Kier molecular flexibility index (Phi) is 3.26. The summed E-state index contributed by atoms with van der Waals surface area (Å²) >= 11 is 0. The predicted octanol–water partition coefficient (Wildman–Crippen LogP) is 3.84. The molecule has 0 aliphatic rings. The molecule has 0 radical (unpaired) electrons. The zero-order valence-electron chi connectivity index (χ0n) is 9.49. The number of fused-ring (bicyclic) bond motifs is 1. The van der Waals surface area contributed by atoms with Crippen molar-refractivity contribution in [1.82, 2.24) is 0 Å². The van der Waals surface area contributed by atoms with Crippen LogP contribution < -0.4 is 0 Å². The molecule has 0 unspecified atom stereocenters. The average molecular weight is 213 g/mol. The average Bonchev–Trinajstić information content (AvgIpc) is 2.65. The molecule has 1 aromatic heterocycles. The number of hydrogen-bond donors (Lipinski definition) is 0. The van der Waals surface area contributed by atoms with Crippen molar-refractivity contribution >= 4 is 11.0 Å². The highest BCUT2D eigenvalue weighted by atomic mass is 16.3. The van der Waals surface area contributed by atoms with Gasteiger partial charge in [-0.05, 0) is 18.9 Å². The first-order valence-corrected chi connectivity index (χ1v) is 5.73. The topological polar surface area (TPSA) is 36.9 Å². The molecule has 2 rings (SSSR count). The zero-order chi connectivity index (χ0) is 11.4. The molecule has 2 aromatic rings. The van der Waals surface area contributed by atoms with Crippen molar-refractivity contribution in [3.05, 3.63) is 35.6 Å². The number of furan rings is 1. The zero-order valence-corrected chi connectivity index (χ0v) is 9.49. The highest BCUT2D eigenvalue weighted by Crippen LogP contribution is 2.27. The summed E-state index contributed by atoms with van der Waals surface area (Å²) in [6, 6.07) is 10.3. The molecule has 82 valence electrons. The molecule has 0 saturated carbocycles. The summed E-state index contributed by atoms with van der Waals surface area (Å²) < 4.78 is 5.83. The van der Waals surface area contributed by atoms with Crippen LogP contribution in [0.15, 0.2) is 28.7 Å². The number of para-hydroxylation sites is 1. The van der Waals surface area contributed by atoms with Gasteiger partial charge in [0.05, 0.1) is 6.07 Å². The molecule has 1 aromatic carbocycles. The Labute approximate surface area is 95.5 Å². The van der Waals surface area contributed by atoms with Gasteiger partial charge >= 0.3 is 0 Å². The Morgan fingerprint density at radius 3 is 2.81 bits per heavy atom. The minimum atomic E-state index is 0.556. The van der Waals surface area contributed by atoms with E-state index >= 15 is 0 Å². The fraction of sp³-hybridized carbons (Fsp3) is 0.357. The minimum Gasteiger partial charge on any atom is -0.461 e. The molecular formula is C14H15NO. The van der Waals surface area contributed by atoms with Crippen LogP contribution in [0.1, 0.15) is 31.1 Å². The van der Waals surface area contributed by atoms with E-state index in [1.807, 2.05) is 18.2 Å². The molecule has 0 spiro atoms. The van der Waals surface area contributed by atoms with Crippen molar-refractivity contribution in [1.29, 1.82) is 5.26 Å². The van der Waals surface area contributed by atoms with Gasteiger partial charge < -0.3 is 4.42 Å². The van der Waals surface area contributed by atoms with Crippen LogP contribution in [-0.4, -0.2) is 0 Å². The van der Waals surface area contributed by atoms with Gasteiger partial charge in [-0.1, -0.05) is 25.1 Å². The third-order valence-electron chi connectivity index (χ3n) is 2.75. The van der Waals surface area contributed by atoms with Crippen LogP contribution in [0.4, 0.5) is 0 Å². The summed E-state index contributed by atoms with van der Waals surface area (Å²) in [6.07, 6.45) is 3.37. The van der Waals surface area contributed by atoms with Crippen molar-refractivity contribution in [3.8, 4) is 6.07 Å². The van der Waals surface area contributed by atoms with Crippen LogP contribution in [0.25, 0.3) is 11.0 Å². The number of rotatable bonds is 4. The van der Waals surface area contributed by atoms with Gasteiger partial charge in [0, 0.05) is 23.8 Å². The van der Waals surface area contributed by atoms with Crippen LogP contribution in [0.3, 0.4) is 0 Å². The van der Waals surface area contributed by atoms with E-state index in [1.54, 1.807) is 0 Å². The lowest BCUT2D eigenvalue weighted by molar-refractivity contribution is 0.538. The minimum absolute atomic E-state index is 0.556. The Balaban J connectivity index is 2.47. The molecule has 0 N–H and O–H groups in total. The molecule has 2 nitrogen and oxygen atoms in total. The largest absolute Gasteiger partial charge is 0.461 e. The van der Waals surface area contributed by atoms with Crippen LogP contribution in [0, 0.1) is 11.3 Å². The van der Waals surface area contributed by atoms with E-state index in [-0.39, 0.29) is 0 Å². The molecule has 16 heavy (non-hydrogen) atoms. The standard InChI is InChI=1S/C14H15NO/c1-2-6-13-12(8-5-10-15)11-7-3-4-9-14(11)16-13/h3-4,7,9H,2,5-6,8H2,1H3. The van der Waals surface area contributed by atoms with Crippen molar-refractivity contribution in [2.24, 2.45) is 0 Å². The summed E-state index contributed by atoms with van der Waals surface area (Å²) in [5, 5.41) is 9.85. The third-order valence-corrected chi connectivity index (χ3v) is 2.75. The highest BCUT2D eigenvalue weighted by molar-refractivity contribution is 5.82. The summed E-state index contributed by atoms with van der Waals surface area (Å²) in [7, 11) is 0. The van der Waals surface area contributed by atoms with Crippen molar-refractivity contribution in [2.45, 2.75) is 32.6 Å². The van der Waals surface area contributed by atoms with Crippen molar-refractivity contribution in [3.63, 3.8) is 0 Å². The van der Waals surface area contributed by atoms with Gasteiger partial charge in [-0.3, -0.25) is 0 Å². The SMILES string of the molecule is CCCc1oc2ccccc2c1CCC#N. The molecule has 1 heterocycles. The van der Waals surface area contributed by atoms with Crippen molar-refractivity contribution < 1.29 is 4.42 Å². The van der Waals surface area contributed by atoms with Crippen LogP contribution in [0.2, 0.25) is 0 Å². The monoisotopic (exact) mass is 213 g/mol. The first-order valence-electron chi connectivity index (χ1n) is 5.73. The van der Waals surface area contributed by atoms with E-state index < -0.39 is 0 Å². The van der Waals surface area contributed by atoms with E-state index in [4.69, 9.17) is 9.68 Å². The smallest absolute Gasteiger partial charge is 0.134 e. The first-order chi connectivity index (χ1) is 7.86. The molecule has 2 heteroatoms. The van der Waals surface area contributed by atoms with Gasteiger partial charge in [0.25, 0.3) is 0 Å². The Hall–Kier alpha value is -1.75. The second-order valence-corrected chi connectivity index (χ2v) is 3.91. The van der Waals surface area contributed by atoms with Gasteiger partial charge in [-0.15, -0.1) is 0 Å². The lowest BCUT2D eigenvalue weighted by Gasteiger charge is -1.98. The van der Waals surface area contributed by atoms with Gasteiger partial charge in [-0.2, -0.15) is 5.26 Å². The molecular weight excluding hydrogens is 198 g/mol. The number of benzene rings is 1. The lowest BCUT2D eigenvalue weighted by Crippen LogP contribution is -1.89. The van der Waals surface area contributed by atoms with Gasteiger partial charge in [0.15, 0.2) is 0 Å². The maximum absolute atomic E-state index is 8.68. The normalized spacial score (nSPS) is 10.5. The van der Waals surface area contributed by atoms with Crippen LogP contribution in [-0.2, 0) is 12.8 Å². The molecule has 0 amide bonds. The summed E-state index contributed by atoms with van der Waals surface area (Å²) in [5.41, 5.74) is 2.16. The quantitative estimate of drug-likeness (QED) is 0.773. The molecule has 0 aliphatic carbocycles. The third kappa shape index (κ3) is 1.94. The highest BCUT2D eigenvalue weighted by Gasteiger charge is 2.12. The fourth-order valence-electron chi connectivity index (χ4n) is 2.03. The molecule has 0 aliphatic heterocycles. The number of hydrogen-bond acceptors (Lipinski definition) is 2. The molecule has 0 fully saturated rings. The lowest BCUT2D eigenvalue weighted by atomic mass is 10.0. The maximum Gasteiger partial charge on any atom is 0.134 e. The second-order valence-electron chi connectivity index (χ2n) is 3.91. The van der Waals surface area contributed by atoms with Gasteiger partial charge in [-0.25, -0.2) is 0 Å². The van der Waals surface area contributed by atoms with Crippen molar-refractivity contribution in [2.75, 3.05) is 0 Å². The Morgan fingerprint density at radius 1 is 1.25 bits per heavy atom. The van der Waals surface area contributed by atoms with E-state index in [0.29, 0.717) is 6.42 Å². The van der Waals surface area contributed by atoms with Gasteiger partial charge in [0.1, 0.15) is 11.3 Å². The maximum atomic E-state index is 8.68. The Bertz CT molecular complexity index is 519. The summed E-state index contributed by atoms with van der Waals surface area (Å²) in [4.78, 5) is 0. The van der Waals surface area contributed by atoms with E-state index in [0.717, 1.165) is 30.6 Å².